The average molecular weight is 298 g/mol. The molecule has 4 heteroatoms. The largest absolute Gasteiger partial charge is 0.497 e. The van der Waals surface area contributed by atoms with E-state index in [2.05, 4.69) is 0 Å². The predicted octanol–water partition coefficient (Wildman–Crippen LogP) is 3.28. The molecule has 2 rings (SSSR count). The zero-order valence-electron chi connectivity index (χ0n) is 12.6. The lowest BCUT2D eigenvalue weighted by Gasteiger charge is -2.05. The molecule has 2 aromatic rings. The Kier molecular flexibility index (Phi) is 5.33. The molecule has 0 bridgehead atoms. The van der Waals surface area contributed by atoms with Gasteiger partial charge in [-0.2, -0.15) is 0 Å². The number of carbonyl (C=O) groups excluding carboxylic acids is 1. The summed E-state index contributed by atoms with van der Waals surface area (Å²) in [6.07, 6.45) is 3.87. The second-order valence-corrected chi connectivity index (χ2v) is 4.77. The first-order valence-electron chi connectivity index (χ1n) is 6.86. The van der Waals surface area contributed by atoms with Crippen molar-refractivity contribution in [1.29, 1.82) is 0 Å². The molecular weight excluding hydrogens is 280 g/mol. The fourth-order valence-electron chi connectivity index (χ4n) is 2.00. The Hall–Kier alpha value is -2.59. The minimum Gasteiger partial charge on any atom is -0.497 e. The summed E-state index contributed by atoms with van der Waals surface area (Å²) < 4.78 is 10.2. The lowest BCUT2D eigenvalue weighted by molar-refractivity contribution is -0.131. The molecule has 114 valence electrons. The topological polar surface area (TPSA) is 55.8 Å². The molecule has 0 spiro atoms. The van der Waals surface area contributed by atoms with Gasteiger partial charge in [0.25, 0.3) is 0 Å². The van der Waals surface area contributed by atoms with E-state index in [1.807, 2.05) is 36.4 Å². The molecule has 0 fully saturated rings. The van der Waals surface area contributed by atoms with Crippen LogP contribution >= 0.6 is 0 Å². The van der Waals surface area contributed by atoms with Crippen LogP contribution in [0.1, 0.15) is 23.6 Å². The molecule has 2 aromatic carbocycles. The van der Waals surface area contributed by atoms with Gasteiger partial charge in [-0.3, -0.25) is 4.79 Å². The van der Waals surface area contributed by atoms with Gasteiger partial charge in [0.05, 0.1) is 13.7 Å². The standard InChI is InChI=1S/C18H18O4/c1-13(20)22-17-7-5-14(6-8-17)3-4-15-9-16(12-19)11-18(10-15)21-2/h3-11,19H,12H2,1-2H3. The molecule has 22 heavy (non-hydrogen) atoms. The average Bonchev–Trinajstić information content (AvgIpc) is 2.53. The van der Waals surface area contributed by atoms with Gasteiger partial charge in [-0.05, 0) is 47.0 Å². The normalized spacial score (nSPS) is 10.7. The lowest BCUT2D eigenvalue weighted by atomic mass is 10.1. The van der Waals surface area contributed by atoms with E-state index < -0.39 is 0 Å². The molecule has 0 heterocycles. The lowest BCUT2D eigenvalue weighted by Crippen LogP contribution is -2.00. The second-order valence-electron chi connectivity index (χ2n) is 4.77. The molecule has 0 atom stereocenters. The van der Waals surface area contributed by atoms with Crippen LogP contribution in [0, 0.1) is 0 Å². The van der Waals surface area contributed by atoms with Crippen LogP contribution in [0.25, 0.3) is 12.2 Å². The summed E-state index contributed by atoms with van der Waals surface area (Å²) in [5.41, 5.74) is 2.71. The fraction of sp³-hybridized carbons (Fsp3) is 0.167. The van der Waals surface area contributed by atoms with Crippen LogP contribution in [0.2, 0.25) is 0 Å². The molecule has 0 saturated heterocycles. The van der Waals surface area contributed by atoms with Crippen molar-refractivity contribution in [2.24, 2.45) is 0 Å². The number of esters is 1. The SMILES string of the molecule is COc1cc(C=Cc2ccc(OC(C)=O)cc2)cc(CO)c1. The maximum absolute atomic E-state index is 10.9. The van der Waals surface area contributed by atoms with Crippen molar-refractivity contribution in [2.45, 2.75) is 13.5 Å². The van der Waals surface area contributed by atoms with E-state index in [1.165, 1.54) is 6.92 Å². The van der Waals surface area contributed by atoms with Crippen molar-refractivity contribution < 1.29 is 19.4 Å². The summed E-state index contributed by atoms with van der Waals surface area (Å²) in [4.78, 5) is 10.9. The summed E-state index contributed by atoms with van der Waals surface area (Å²) in [5, 5.41) is 9.25. The third-order valence-corrected chi connectivity index (χ3v) is 3.02. The molecule has 0 aliphatic rings. The van der Waals surface area contributed by atoms with Crippen molar-refractivity contribution in [1.82, 2.24) is 0 Å². The molecule has 1 N–H and O–H groups in total. The van der Waals surface area contributed by atoms with Crippen LogP contribution in [0.4, 0.5) is 0 Å². The first-order valence-corrected chi connectivity index (χ1v) is 6.86. The second kappa shape index (κ2) is 7.43. The number of hydrogen-bond donors (Lipinski definition) is 1. The summed E-state index contributed by atoms with van der Waals surface area (Å²) in [6, 6.07) is 12.8. The Bertz CT molecular complexity index is 650. The third-order valence-electron chi connectivity index (χ3n) is 3.02. The van der Waals surface area contributed by atoms with Gasteiger partial charge in [-0.25, -0.2) is 0 Å². The van der Waals surface area contributed by atoms with Gasteiger partial charge in [-0.1, -0.05) is 24.3 Å². The number of aliphatic hydroxyl groups excluding tert-OH is 1. The van der Waals surface area contributed by atoms with E-state index in [4.69, 9.17) is 9.47 Å². The smallest absolute Gasteiger partial charge is 0.308 e. The van der Waals surface area contributed by atoms with Gasteiger partial charge in [-0.15, -0.1) is 0 Å². The van der Waals surface area contributed by atoms with Gasteiger partial charge in [0, 0.05) is 6.92 Å². The van der Waals surface area contributed by atoms with Crippen LogP contribution in [0.15, 0.2) is 42.5 Å². The first kappa shape index (κ1) is 15.8. The zero-order chi connectivity index (χ0) is 15.9. The molecule has 0 radical (unpaired) electrons. The van der Waals surface area contributed by atoms with Crippen molar-refractivity contribution in [3.8, 4) is 11.5 Å². The van der Waals surface area contributed by atoms with Crippen LogP contribution in [0.5, 0.6) is 11.5 Å². The predicted molar refractivity (Wildman–Crippen MR) is 85.6 cm³/mol. The minimum atomic E-state index is -0.337. The highest BCUT2D eigenvalue weighted by Crippen LogP contribution is 2.20. The van der Waals surface area contributed by atoms with E-state index in [0.29, 0.717) is 11.5 Å². The number of aliphatic hydroxyl groups is 1. The number of carbonyl (C=O) groups is 1. The van der Waals surface area contributed by atoms with Crippen LogP contribution < -0.4 is 9.47 Å². The van der Waals surface area contributed by atoms with Gasteiger partial charge < -0.3 is 14.6 Å². The van der Waals surface area contributed by atoms with Gasteiger partial charge in [0.15, 0.2) is 0 Å². The highest BCUT2D eigenvalue weighted by Gasteiger charge is 1.99. The van der Waals surface area contributed by atoms with E-state index >= 15 is 0 Å². The van der Waals surface area contributed by atoms with E-state index in [9.17, 15) is 9.90 Å². The van der Waals surface area contributed by atoms with Gasteiger partial charge >= 0.3 is 5.97 Å². The van der Waals surface area contributed by atoms with Gasteiger partial charge in [0.2, 0.25) is 0 Å². The maximum Gasteiger partial charge on any atom is 0.308 e. The van der Waals surface area contributed by atoms with Crippen LogP contribution in [0.3, 0.4) is 0 Å². The summed E-state index contributed by atoms with van der Waals surface area (Å²) in [7, 11) is 1.59. The minimum absolute atomic E-state index is 0.0326. The molecule has 0 saturated carbocycles. The summed E-state index contributed by atoms with van der Waals surface area (Å²) in [5.74, 6) is 0.890. The number of benzene rings is 2. The van der Waals surface area contributed by atoms with Crippen LogP contribution in [-0.4, -0.2) is 18.2 Å². The maximum atomic E-state index is 10.9. The quantitative estimate of drug-likeness (QED) is 0.523. The number of ether oxygens (including phenoxy) is 2. The summed E-state index contributed by atoms with van der Waals surface area (Å²) >= 11 is 0. The van der Waals surface area contributed by atoms with Crippen LogP contribution in [-0.2, 0) is 11.4 Å². The van der Waals surface area contributed by atoms with E-state index in [1.54, 1.807) is 25.3 Å². The summed E-state index contributed by atoms with van der Waals surface area (Å²) in [6.45, 7) is 1.34. The van der Waals surface area contributed by atoms with Crippen molar-refractivity contribution in [3.05, 3.63) is 59.2 Å². The Balaban J connectivity index is 2.15. The number of methoxy groups -OCH3 is 1. The Morgan fingerprint density at radius 3 is 2.32 bits per heavy atom. The molecule has 0 aliphatic heterocycles. The first-order chi connectivity index (χ1) is 10.6. The highest BCUT2D eigenvalue weighted by atomic mass is 16.5. The van der Waals surface area contributed by atoms with E-state index in [-0.39, 0.29) is 12.6 Å². The zero-order valence-corrected chi connectivity index (χ0v) is 12.6. The Morgan fingerprint density at radius 2 is 1.73 bits per heavy atom. The molecule has 4 nitrogen and oxygen atoms in total. The van der Waals surface area contributed by atoms with Crippen molar-refractivity contribution in [2.75, 3.05) is 7.11 Å². The molecular formula is C18H18O4. The van der Waals surface area contributed by atoms with E-state index in [0.717, 1.165) is 16.7 Å². The Labute approximate surface area is 129 Å². The van der Waals surface area contributed by atoms with Crippen molar-refractivity contribution in [3.63, 3.8) is 0 Å². The molecule has 0 unspecified atom stereocenters. The highest BCUT2D eigenvalue weighted by molar-refractivity contribution is 5.72. The third kappa shape index (κ3) is 4.46. The Morgan fingerprint density at radius 1 is 1.05 bits per heavy atom. The fourth-order valence-corrected chi connectivity index (χ4v) is 2.00. The number of hydrogen-bond acceptors (Lipinski definition) is 4. The monoisotopic (exact) mass is 298 g/mol. The van der Waals surface area contributed by atoms with Gasteiger partial charge in [0.1, 0.15) is 11.5 Å². The molecule has 0 aliphatic carbocycles. The molecule has 0 amide bonds. The molecule has 0 aromatic heterocycles. The van der Waals surface area contributed by atoms with Crippen molar-refractivity contribution >= 4 is 18.1 Å². The number of rotatable bonds is 5.